The van der Waals surface area contributed by atoms with Crippen LogP contribution in [-0.2, 0) is 0 Å². The Bertz CT molecular complexity index is 487. The standard InChI is InChI=1S/C8H7N3O2/c1-13-6-3-9-2-5-7(6)8(12)11-4-10-5/h2-4H,1H3,(H,10,11,12). The molecule has 0 aromatic carbocycles. The Kier molecular flexibility index (Phi) is 1.70. The molecule has 2 heterocycles. The van der Waals surface area contributed by atoms with Crippen molar-refractivity contribution in [2.24, 2.45) is 0 Å². The first-order valence-corrected chi connectivity index (χ1v) is 3.68. The molecule has 13 heavy (non-hydrogen) atoms. The zero-order valence-electron chi connectivity index (χ0n) is 6.94. The molecule has 2 aromatic rings. The zero-order valence-corrected chi connectivity index (χ0v) is 6.94. The molecule has 0 aliphatic carbocycles. The van der Waals surface area contributed by atoms with Crippen molar-refractivity contribution in [3.05, 3.63) is 29.1 Å². The highest BCUT2D eigenvalue weighted by molar-refractivity contribution is 5.82. The predicted octanol–water partition coefficient (Wildman–Crippen LogP) is 0.327. The number of fused-ring (bicyclic) bond motifs is 1. The SMILES string of the molecule is COc1cncc2nc[nH]c(=O)c12. The number of aromatic amines is 1. The summed E-state index contributed by atoms with van der Waals surface area (Å²) in [4.78, 5) is 21.7. The first kappa shape index (κ1) is 7.72. The highest BCUT2D eigenvalue weighted by atomic mass is 16.5. The van der Waals surface area contributed by atoms with Gasteiger partial charge in [0, 0.05) is 0 Å². The van der Waals surface area contributed by atoms with Gasteiger partial charge in [0.15, 0.2) is 5.75 Å². The van der Waals surface area contributed by atoms with Gasteiger partial charge in [-0.15, -0.1) is 0 Å². The normalized spacial score (nSPS) is 10.2. The van der Waals surface area contributed by atoms with Gasteiger partial charge in [-0.2, -0.15) is 0 Å². The summed E-state index contributed by atoms with van der Waals surface area (Å²) in [7, 11) is 1.49. The van der Waals surface area contributed by atoms with E-state index in [-0.39, 0.29) is 5.56 Å². The number of hydrogen-bond acceptors (Lipinski definition) is 4. The number of aromatic nitrogens is 3. The summed E-state index contributed by atoms with van der Waals surface area (Å²) in [6.45, 7) is 0. The van der Waals surface area contributed by atoms with Crippen molar-refractivity contribution >= 4 is 10.9 Å². The molecule has 0 bridgehead atoms. The topological polar surface area (TPSA) is 67.9 Å². The van der Waals surface area contributed by atoms with Gasteiger partial charge in [-0.05, 0) is 0 Å². The van der Waals surface area contributed by atoms with Gasteiger partial charge < -0.3 is 9.72 Å². The summed E-state index contributed by atoms with van der Waals surface area (Å²) in [5.74, 6) is 0.437. The molecule has 5 nitrogen and oxygen atoms in total. The second kappa shape index (κ2) is 2.85. The maximum Gasteiger partial charge on any atom is 0.262 e. The zero-order chi connectivity index (χ0) is 9.26. The summed E-state index contributed by atoms with van der Waals surface area (Å²) in [5, 5.41) is 0.431. The Balaban J connectivity index is 2.95. The molecule has 0 atom stereocenters. The van der Waals surface area contributed by atoms with Crippen LogP contribution in [0.5, 0.6) is 5.75 Å². The quantitative estimate of drug-likeness (QED) is 0.681. The summed E-state index contributed by atoms with van der Waals surface area (Å²) < 4.78 is 4.99. The fraction of sp³-hybridized carbons (Fsp3) is 0.125. The van der Waals surface area contributed by atoms with Gasteiger partial charge in [0.25, 0.3) is 5.56 Å². The van der Waals surface area contributed by atoms with E-state index < -0.39 is 0 Å². The van der Waals surface area contributed by atoms with Crippen LogP contribution in [0.15, 0.2) is 23.5 Å². The van der Waals surface area contributed by atoms with E-state index in [4.69, 9.17) is 4.74 Å². The Labute approximate surface area is 73.4 Å². The molecule has 5 heteroatoms. The van der Waals surface area contributed by atoms with Gasteiger partial charge >= 0.3 is 0 Å². The van der Waals surface area contributed by atoms with Crippen LogP contribution in [0.2, 0.25) is 0 Å². The molecule has 0 fully saturated rings. The molecule has 2 rings (SSSR count). The highest BCUT2D eigenvalue weighted by Crippen LogP contribution is 2.16. The molecule has 66 valence electrons. The van der Waals surface area contributed by atoms with Crippen LogP contribution in [0.1, 0.15) is 0 Å². The Morgan fingerprint density at radius 1 is 1.46 bits per heavy atom. The largest absolute Gasteiger partial charge is 0.494 e. The number of nitrogens with one attached hydrogen (secondary N) is 1. The van der Waals surface area contributed by atoms with Gasteiger partial charge in [-0.3, -0.25) is 9.78 Å². The minimum atomic E-state index is -0.218. The molecule has 0 unspecified atom stereocenters. The average Bonchev–Trinajstić information content (AvgIpc) is 2.17. The Hall–Kier alpha value is -1.91. The minimum absolute atomic E-state index is 0.218. The second-order valence-electron chi connectivity index (χ2n) is 2.47. The van der Waals surface area contributed by atoms with Crippen LogP contribution in [0.25, 0.3) is 10.9 Å². The molecule has 0 spiro atoms. The molecule has 0 aliphatic rings. The van der Waals surface area contributed by atoms with Crippen LogP contribution < -0.4 is 10.3 Å². The molecule has 1 N–H and O–H groups in total. The van der Waals surface area contributed by atoms with E-state index in [1.54, 1.807) is 0 Å². The van der Waals surface area contributed by atoms with Crippen LogP contribution in [0.3, 0.4) is 0 Å². The van der Waals surface area contributed by atoms with Crippen molar-refractivity contribution in [1.29, 1.82) is 0 Å². The molecular formula is C8H7N3O2. The molecule has 0 aliphatic heterocycles. The Morgan fingerprint density at radius 2 is 2.31 bits per heavy atom. The summed E-state index contributed by atoms with van der Waals surface area (Å²) >= 11 is 0. The molecule has 0 radical (unpaired) electrons. The summed E-state index contributed by atoms with van der Waals surface area (Å²) in [6, 6.07) is 0. The monoisotopic (exact) mass is 177 g/mol. The maximum atomic E-state index is 11.4. The Morgan fingerprint density at radius 3 is 3.08 bits per heavy atom. The summed E-state index contributed by atoms with van der Waals surface area (Å²) in [5.41, 5.74) is 0.312. The van der Waals surface area contributed by atoms with E-state index >= 15 is 0 Å². The van der Waals surface area contributed by atoms with E-state index in [0.29, 0.717) is 16.7 Å². The number of methoxy groups -OCH3 is 1. The fourth-order valence-corrected chi connectivity index (χ4v) is 1.14. The van der Waals surface area contributed by atoms with E-state index in [9.17, 15) is 4.79 Å². The van der Waals surface area contributed by atoms with Gasteiger partial charge in [0.2, 0.25) is 0 Å². The molecule has 0 saturated carbocycles. The van der Waals surface area contributed by atoms with Crippen LogP contribution >= 0.6 is 0 Å². The fourth-order valence-electron chi connectivity index (χ4n) is 1.14. The van der Waals surface area contributed by atoms with Crippen LogP contribution in [0, 0.1) is 0 Å². The van der Waals surface area contributed by atoms with Crippen molar-refractivity contribution in [1.82, 2.24) is 15.0 Å². The third kappa shape index (κ3) is 1.14. The number of hydrogen-bond donors (Lipinski definition) is 1. The molecule has 0 amide bonds. The van der Waals surface area contributed by atoms with E-state index in [1.807, 2.05) is 0 Å². The lowest BCUT2D eigenvalue weighted by atomic mass is 10.3. The number of pyridine rings is 1. The van der Waals surface area contributed by atoms with Crippen LogP contribution in [-0.4, -0.2) is 22.1 Å². The lowest BCUT2D eigenvalue weighted by Gasteiger charge is -2.01. The third-order valence-corrected chi connectivity index (χ3v) is 1.74. The van der Waals surface area contributed by atoms with Crippen molar-refractivity contribution in [2.45, 2.75) is 0 Å². The average molecular weight is 177 g/mol. The second-order valence-corrected chi connectivity index (χ2v) is 2.47. The lowest BCUT2D eigenvalue weighted by molar-refractivity contribution is 0.417. The third-order valence-electron chi connectivity index (χ3n) is 1.74. The van der Waals surface area contributed by atoms with Crippen molar-refractivity contribution in [2.75, 3.05) is 7.11 Å². The molecule has 0 saturated heterocycles. The number of ether oxygens (including phenoxy) is 1. The van der Waals surface area contributed by atoms with E-state index in [0.717, 1.165) is 0 Å². The first-order chi connectivity index (χ1) is 6.33. The minimum Gasteiger partial charge on any atom is -0.494 e. The van der Waals surface area contributed by atoms with Gasteiger partial charge in [-0.25, -0.2) is 4.98 Å². The van der Waals surface area contributed by atoms with Crippen molar-refractivity contribution in [3.8, 4) is 5.75 Å². The molecule has 2 aromatic heterocycles. The van der Waals surface area contributed by atoms with Crippen molar-refractivity contribution in [3.63, 3.8) is 0 Å². The maximum absolute atomic E-state index is 11.4. The lowest BCUT2D eigenvalue weighted by Crippen LogP contribution is -2.07. The van der Waals surface area contributed by atoms with Crippen molar-refractivity contribution < 1.29 is 4.74 Å². The van der Waals surface area contributed by atoms with Gasteiger partial charge in [0.05, 0.1) is 31.3 Å². The number of nitrogens with zero attached hydrogens (tertiary/aromatic N) is 2. The molecular weight excluding hydrogens is 170 g/mol. The van der Waals surface area contributed by atoms with E-state index in [2.05, 4.69) is 15.0 Å². The first-order valence-electron chi connectivity index (χ1n) is 3.68. The van der Waals surface area contributed by atoms with Gasteiger partial charge in [-0.1, -0.05) is 0 Å². The van der Waals surface area contributed by atoms with Crippen LogP contribution in [0.4, 0.5) is 0 Å². The number of H-pyrrole nitrogens is 1. The highest BCUT2D eigenvalue weighted by Gasteiger charge is 2.05. The number of rotatable bonds is 1. The summed E-state index contributed by atoms with van der Waals surface area (Å²) in [6.07, 6.45) is 4.35. The predicted molar refractivity (Wildman–Crippen MR) is 46.7 cm³/mol. The van der Waals surface area contributed by atoms with Gasteiger partial charge in [0.1, 0.15) is 5.39 Å². The van der Waals surface area contributed by atoms with E-state index in [1.165, 1.54) is 25.8 Å². The smallest absolute Gasteiger partial charge is 0.262 e.